The van der Waals surface area contributed by atoms with E-state index in [0.29, 0.717) is 6.42 Å². The van der Waals surface area contributed by atoms with E-state index in [4.69, 9.17) is 0 Å². The molecule has 71 heavy (non-hydrogen) atoms. The lowest BCUT2D eigenvalue weighted by Crippen LogP contribution is -2.45. The van der Waals surface area contributed by atoms with Crippen LogP contribution in [-0.2, 0) is 4.79 Å². The van der Waals surface area contributed by atoms with E-state index in [1.165, 1.54) is 315 Å². The first kappa shape index (κ1) is 69.6. The lowest BCUT2D eigenvalue weighted by molar-refractivity contribution is -0.123. The highest BCUT2D eigenvalue weighted by Gasteiger charge is 2.18. The standard InChI is InChI=1S/C67H129NO3/c1-3-5-7-9-11-13-15-17-19-21-23-25-26-27-28-29-30-31-32-33-34-35-36-37-38-39-40-41-42-43-45-47-49-51-53-55-57-59-61-63-67(71)68-65(64-69)66(70)62-60-58-56-54-52-50-48-46-44-24-22-20-18-16-14-12-10-8-6-4-2/h33-34,52,54,60,62,65-66,69-70H,3-32,35-51,53,55-59,61,63-64H2,1-2H3,(H,68,71)/b34-33-,54-52+,62-60+. The molecule has 0 aromatic heterocycles. The van der Waals surface area contributed by atoms with Gasteiger partial charge >= 0.3 is 0 Å². The van der Waals surface area contributed by atoms with Crippen molar-refractivity contribution in [3.63, 3.8) is 0 Å². The predicted molar refractivity (Wildman–Crippen MR) is 318 cm³/mol. The van der Waals surface area contributed by atoms with Gasteiger partial charge < -0.3 is 15.5 Å². The second-order valence-corrected chi connectivity index (χ2v) is 22.5. The van der Waals surface area contributed by atoms with Crippen molar-refractivity contribution in [2.24, 2.45) is 0 Å². The molecule has 0 aliphatic rings. The van der Waals surface area contributed by atoms with Crippen LogP contribution in [-0.4, -0.2) is 34.9 Å². The summed E-state index contributed by atoms with van der Waals surface area (Å²) in [6.45, 7) is 4.34. The number of allylic oxidation sites excluding steroid dienone is 5. The van der Waals surface area contributed by atoms with Crippen molar-refractivity contribution < 1.29 is 15.0 Å². The molecule has 0 rings (SSSR count). The number of carbonyl (C=O) groups is 1. The highest BCUT2D eigenvalue weighted by Crippen LogP contribution is 2.18. The second kappa shape index (κ2) is 62.9. The highest BCUT2D eigenvalue weighted by atomic mass is 16.3. The largest absolute Gasteiger partial charge is 0.394 e. The first-order chi connectivity index (χ1) is 35.2. The fraction of sp³-hybridized carbons (Fsp3) is 0.896. The topological polar surface area (TPSA) is 69.6 Å². The summed E-state index contributed by atoms with van der Waals surface area (Å²) in [5.74, 6) is -0.0675. The number of unbranched alkanes of at least 4 members (excludes halogenated alkanes) is 50. The van der Waals surface area contributed by atoms with E-state index >= 15 is 0 Å². The Labute approximate surface area is 446 Å². The van der Waals surface area contributed by atoms with Crippen molar-refractivity contribution in [2.45, 2.75) is 379 Å². The second-order valence-electron chi connectivity index (χ2n) is 22.5. The van der Waals surface area contributed by atoms with Gasteiger partial charge in [0.1, 0.15) is 0 Å². The molecular formula is C67H129NO3. The highest BCUT2D eigenvalue weighted by molar-refractivity contribution is 5.76. The third kappa shape index (κ3) is 59.4. The SMILES string of the molecule is CCCCCCCCCCCCCCCC/C=C/CC/C=C/C(O)C(CO)NC(=O)CCCCCCCCCCCCCCCCCCC/C=C\CCCCCCCCCCCCCCCCCCCC. The minimum absolute atomic E-state index is 0.0675. The molecular weight excluding hydrogens is 867 g/mol. The van der Waals surface area contributed by atoms with Gasteiger partial charge in [-0.1, -0.05) is 339 Å². The van der Waals surface area contributed by atoms with Gasteiger partial charge in [0.15, 0.2) is 0 Å². The van der Waals surface area contributed by atoms with Crippen molar-refractivity contribution in [2.75, 3.05) is 6.61 Å². The summed E-state index contributed by atoms with van der Waals surface area (Å²) >= 11 is 0. The Bertz CT molecular complexity index is 1080. The van der Waals surface area contributed by atoms with Gasteiger partial charge in [-0.15, -0.1) is 0 Å². The third-order valence-corrected chi connectivity index (χ3v) is 15.3. The zero-order valence-electron chi connectivity index (χ0n) is 48.5. The number of carbonyl (C=O) groups excluding carboxylic acids is 1. The van der Waals surface area contributed by atoms with Crippen LogP contribution in [0.15, 0.2) is 36.5 Å². The Balaban J connectivity index is 3.42. The zero-order valence-corrected chi connectivity index (χ0v) is 48.5. The Kier molecular flexibility index (Phi) is 61.7. The number of amides is 1. The lowest BCUT2D eigenvalue weighted by Gasteiger charge is -2.19. The molecule has 0 aromatic rings. The summed E-state index contributed by atoms with van der Waals surface area (Å²) in [6.07, 6.45) is 86.5. The normalized spacial score (nSPS) is 12.9. The Morgan fingerprint density at radius 1 is 0.324 bits per heavy atom. The molecule has 0 bridgehead atoms. The van der Waals surface area contributed by atoms with Crippen LogP contribution in [0.1, 0.15) is 367 Å². The number of aliphatic hydroxyl groups excluding tert-OH is 2. The lowest BCUT2D eigenvalue weighted by atomic mass is 10.0. The fourth-order valence-corrected chi connectivity index (χ4v) is 10.4. The average molecular weight is 997 g/mol. The van der Waals surface area contributed by atoms with E-state index in [0.717, 1.165) is 32.1 Å². The van der Waals surface area contributed by atoms with Gasteiger partial charge in [0.25, 0.3) is 0 Å². The number of aliphatic hydroxyl groups is 2. The number of nitrogens with one attached hydrogen (secondary N) is 1. The average Bonchev–Trinajstić information content (AvgIpc) is 3.37. The van der Waals surface area contributed by atoms with Crippen LogP contribution in [0.4, 0.5) is 0 Å². The number of hydrogen-bond acceptors (Lipinski definition) is 3. The molecule has 0 spiro atoms. The number of rotatable bonds is 61. The van der Waals surface area contributed by atoms with Gasteiger partial charge in [0, 0.05) is 6.42 Å². The van der Waals surface area contributed by atoms with Crippen LogP contribution in [0.3, 0.4) is 0 Å². The number of hydrogen-bond donors (Lipinski definition) is 3. The van der Waals surface area contributed by atoms with E-state index in [2.05, 4.69) is 43.5 Å². The van der Waals surface area contributed by atoms with Gasteiger partial charge in [-0.25, -0.2) is 0 Å². The molecule has 0 fully saturated rings. The van der Waals surface area contributed by atoms with Crippen molar-refractivity contribution in [3.8, 4) is 0 Å². The quantitative estimate of drug-likeness (QED) is 0.0420. The molecule has 0 aromatic carbocycles. The van der Waals surface area contributed by atoms with E-state index in [-0.39, 0.29) is 12.5 Å². The molecule has 0 aliphatic carbocycles. The summed E-state index contributed by atoms with van der Waals surface area (Å²) in [5, 5.41) is 23.2. The van der Waals surface area contributed by atoms with Crippen molar-refractivity contribution in [3.05, 3.63) is 36.5 Å². The van der Waals surface area contributed by atoms with Crippen molar-refractivity contribution in [1.29, 1.82) is 0 Å². The summed E-state index contributed by atoms with van der Waals surface area (Å²) in [6, 6.07) is -0.639. The molecule has 0 saturated heterocycles. The van der Waals surface area contributed by atoms with Gasteiger partial charge in [-0.05, 0) is 57.8 Å². The van der Waals surface area contributed by atoms with Crippen molar-refractivity contribution in [1.82, 2.24) is 5.32 Å². The van der Waals surface area contributed by atoms with Crippen LogP contribution < -0.4 is 5.32 Å². The minimum atomic E-state index is -0.862. The van der Waals surface area contributed by atoms with Crippen LogP contribution in [0.25, 0.3) is 0 Å². The fourth-order valence-electron chi connectivity index (χ4n) is 10.4. The maximum Gasteiger partial charge on any atom is 0.220 e. The molecule has 0 aliphatic heterocycles. The predicted octanol–water partition coefficient (Wildman–Crippen LogP) is 22.0. The summed E-state index contributed by atoms with van der Waals surface area (Å²) in [7, 11) is 0. The monoisotopic (exact) mass is 996 g/mol. The first-order valence-corrected chi connectivity index (χ1v) is 32.7. The van der Waals surface area contributed by atoms with Gasteiger partial charge in [0.05, 0.1) is 18.8 Å². The van der Waals surface area contributed by atoms with E-state index in [1.807, 2.05) is 6.08 Å². The molecule has 0 heterocycles. The minimum Gasteiger partial charge on any atom is -0.394 e. The summed E-state index contributed by atoms with van der Waals surface area (Å²) < 4.78 is 0. The van der Waals surface area contributed by atoms with Crippen LogP contribution in [0.2, 0.25) is 0 Å². The summed E-state index contributed by atoms with van der Waals surface area (Å²) in [5.41, 5.74) is 0. The maximum absolute atomic E-state index is 12.5. The maximum atomic E-state index is 12.5. The molecule has 0 saturated carbocycles. The Hall–Kier alpha value is -1.39. The van der Waals surface area contributed by atoms with E-state index < -0.39 is 12.1 Å². The van der Waals surface area contributed by atoms with Crippen molar-refractivity contribution >= 4 is 5.91 Å². The summed E-state index contributed by atoms with van der Waals surface area (Å²) in [4.78, 5) is 12.5. The zero-order chi connectivity index (χ0) is 51.3. The third-order valence-electron chi connectivity index (χ3n) is 15.3. The molecule has 0 radical (unpaired) electrons. The van der Waals surface area contributed by atoms with Crippen LogP contribution >= 0.6 is 0 Å². The molecule has 1 amide bonds. The molecule has 3 N–H and O–H groups in total. The van der Waals surface area contributed by atoms with Gasteiger partial charge in [0.2, 0.25) is 5.91 Å². The molecule has 4 nitrogen and oxygen atoms in total. The Morgan fingerprint density at radius 3 is 0.817 bits per heavy atom. The first-order valence-electron chi connectivity index (χ1n) is 32.7. The molecule has 4 heteroatoms. The molecule has 2 unspecified atom stereocenters. The molecule has 2 atom stereocenters. The van der Waals surface area contributed by atoms with Gasteiger partial charge in [-0.2, -0.15) is 0 Å². The van der Waals surface area contributed by atoms with Crippen LogP contribution in [0.5, 0.6) is 0 Å². The van der Waals surface area contributed by atoms with Gasteiger partial charge in [-0.3, -0.25) is 4.79 Å². The van der Waals surface area contributed by atoms with Crippen LogP contribution in [0, 0.1) is 0 Å². The van der Waals surface area contributed by atoms with E-state index in [9.17, 15) is 15.0 Å². The molecule has 420 valence electrons. The Morgan fingerprint density at radius 2 is 0.549 bits per heavy atom. The van der Waals surface area contributed by atoms with E-state index in [1.54, 1.807) is 6.08 Å². The smallest absolute Gasteiger partial charge is 0.220 e.